The lowest BCUT2D eigenvalue weighted by atomic mass is 10.3. The topological polar surface area (TPSA) is 91.9 Å². The molecule has 3 N–H and O–H groups in total. The Morgan fingerprint density at radius 2 is 1.88 bits per heavy atom. The third kappa shape index (κ3) is 3.89. The molecule has 0 aliphatic rings. The number of hydrogen-bond acceptors (Lipinski definition) is 4. The maximum Gasteiger partial charge on any atom is 0.319 e. The lowest BCUT2D eigenvalue weighted by Crippen LogP contribution is -2.31. The molecule has 7 heteroatoms. The van der Waals surface area contributed by atoms with Crippen LogP contribution in [0.3, 0.4) is 0 Å². The van der Waals surface area contributed by atoms with Gasteiger partial charge in [-0.15, -0.1) is 0 Å². The summed E-state index contributed by atoms with van der Waals surface area (Å²) in [5.74, 6) is 1.84. The minimum absolute atomic E-state index is 0.297. The second-order valence-corrected chi connectivity index (χ2v) is 5.10. The summed E-state index contributed by atoms with van der Waals surface area (Å²) in [5, 5.41) is 12.1. The Morgan fingerprint density at radius 1 is 1.12 bits per heavy atom. The molecule has 0 unspecified atom stereocenters. The number of nitrogens with one attached hydrogen (secondary N) is 3. The average molecular weight is 323 g/mol. The van der Waals surface area contributed by atoms with Gasteiger partial charge in [-0.25, -0.2) is 9.78 Å². The predicted molar refractivity (Wildman–Crippen MR) is 89.9 cm³/mol. The number of hydrogen-bond donors (Lipinski definition) is 3. The molecular weight excluding hydrogens is 306 g/mol. The number of carbonyl (C=O) groups excluding carboxylic acids is 1. The number of aromatic amines is 1. The zero-order valence-corrected chi connectivity index (χ0v) is 13.1. The summed E-state index contributed by atoms with van der Waals surface area (Å²) in [6.45, 7) is 1.81. The smallest absolute Gasteiger partial charge is 0.319 e. The van der Waals surface area contributed by atoms with E-state index in [0.717, 1.165) is 0 Å². The zero-order valence-electron chi connectivity index (χ0n) is 13.1. The molecular formula is C17H17N5O2. The molecule has 0 bridgehead atoms. The fourth-order valence-electron chi connectivity index (χ4n) is 2.12. The highest BCUT2D eigenvalue weighted by atomic mass is 16.5. The van der Waals surface area contributed by atoms with Crippen molar-refractivity contribution in [3.63, 3.8) is 0 Å². The van der Waals surface area contributed by atoms with Crippen molar-refractivity contribution in [3.05, 3.63) is 66.7 Å². The van der Waals surface area contributed by atoms with Gasteiger partial charge in [0, 0.05) is 0 Å². The van der Waals surface area contributed by atoms with E-state index in [-0.39, 0.29) is 12.1 Å². The van der Waals surface area contributed by atoms with E-state index in [2.05, 4.69) is 25.8 Å². The molecule has 0 aliphatic carbocycles. The first-order chi connectivity index (χ1) is 11.7. The summed E-state index contributed by atoms with van der Waals surface area (Å²) in [7, 11) is 0. The van der Waals surface area contributed by atoms with Crippen molar-refractivity contribution in [1.82, 2.24) is 20.5 Å². The van der Waals surface area contributed by atoms with Crippen LogP contribution in [-0.2, 0) is 0 Å². The van der Waals surface area contributed by atoms with Crippen LogP contribution in [0, 0.1) is 0 Å². The summed E-state index contributed by atoms with van der Waals surface area (Å²) in [6, 6.07) is 16.0. The lowest BCUT2D eigenvalue weighted by molar-refractivity contribution is 0.249. The molecule has 122 valence electrons. The van der Waals surface area contributed by atoms with E-state index in [9.17, 15) is 4.79 Å². The minimum atomic E-state index is -0.358. The van der Waals surface area contributed by atoms with Crippen molar-refractivity contribution < 1.29 is 9.53 Å². The van der Waals surface area contributed by atoms with Crippen LogP contribution < -0.4 is 15.4 Å². The largest absolute Gasteiger partial charge is 0.455 e. The van der Waals surface area contributed by atoms with Gasteiger partial charge in [-0.2, -0.15) is 5.10 Å². The van der Waals surface area contributed by atoms with Gasteiger partial charge < -0.3 is 15.4 Å². The maximum absolute atomic E-state index is 12.2. The first-order valence-electron chi connectivity index (χ1n) is 7.47. The molecule has 0 saturated heterocycles. The Bertz CT molecular complexity index is 790. The van der Waals surface area contributed by atoms with Crippen LogP contribution in [0.5, 0.6) is 11.5 Å². The maximum atomic E-state index is 12.2. The van der Waals surface area contributed by atoms with Crippen LogP contribution in [-0.4, -0.2) is 21.2 Å². The van der Waals surface area contributed by atoms with E-state index in [1.54, 1.807) is 12.1 Å². The molecule has 7 nitrogen and oxygen atoms in total. The quantitative estimate of drug-likeness (QED) is 0.670. The summed E-state index contributed by atoms with van der Waals surface area (Å²) in [4.78, 5) is 16.2. The lowest BCUT2D eigenvalue weighted by Gasteiger charge is -2.15. The molecule has 2 amide bonds. The first kappa shape index (κ1) is 15.5. The number of carbonyl (C=O) groups is 1. The van der Waals surface area contributed by atoms with E-state index in [0.29, 0.717) is 23.0 Å². The van der Waals surface area contributed by atoms with Gasteiger partial charge in [0.15, 0.2) is 5.75 Å². The molecule has 24 heavy (non-hydrogen) atoms. The average Bonchev–Trinajstić information content (AvgIpc) is 3.12. The number of benzene rings is 2. The summed E-state index contributed by atoms with van der Waals surface area (Å²) in [5.41, 5.74) is 0.573. The number of urea groups is 1. The fourth-order valence-corrected chi connectivity index (χ4v) is 2.12. The van der Waals surface area contributed by atoms with Crippen LogP contribution >= 0.6 is 0 Å². The number of para-hydroxylation sites is 3. The number of ether oxygens (including phenoxy) is 1. The van der Waals surface area contributed by atoms with Gasteiger partial charge >= 0.3 is 6.03 Å². The minimum Gasteiger partial charge on any atom is -0.455 e. The first-order valence-corrected chi connectivity index (χ1v) is 7.47. The molecule has 1 atom stereocenters. The van der Waals surface area contributed by atoms with Gasteiger partial charge in [-0.3, -0.25) is 5.10 Å². The van der Waals surface area contributed by atoms with Crippen molar-refractivity contribution >= 4 is 11.7 Å². The van der Waals surface area contributed by atoms with E-state index < -0.39 is 0 Å². The van der Waals surface area contributed by atoms with E-state index in [4.69, 9.17) is 4.74 Å². The number of rotatable bonds is 5. The molecule has 0 spiro atoms. The Kier molecular flexibility index (Phi) is 4.71. The highest BCUT2D eigenvalue weighted by Crippen LogP contribution is 2.29. The number of aromatic nitrogens is 3. The standard InChI is InChI=1S/C17H17N5O2/c1-12(16-18-11-19-22-16)20-17(23)21-14-9-5-6-10-15(14)24-13-7-3-2-4-8-13/h2-12H,1H3,(H,18,19,22)(H2,20,21,23)/t12-/m0/s1. The molecule has 2 aromatic carbocycles. The molecule has 0 saturated carbocycles. The SMILES string of the molecule is C[C@H](NC(=O)Nc1ccccc1Oc1ccccc1)c1ncn[nH]1. The summed E-state index contributed by atoms with van der Waals surface area (Å²) >= 11 is 0. The molecule has 1 heterocycles. The van der Waals surface area contributed by atoms with Crippen LogP contribution in [0.1, 0.15) is 18.8 Å². The van der Waals surface area contributed by atoms with Crippen molar-refractivity contribution in [2.45, 2.75) is 13.0 Å². The van der Waals surface area contributed by atoms with E-state index >= 15 is 0 Å². The summed E-state index contributed by atoms with van der Waals surface area (Å²) < 4.78 is 5.82. The van der Waals surface area contributed by atoms with Crippen molar-refractivity contribution in [2.24, 2.45) is 0 Å². The number of anilines is 1. The van der Waals surface area contributed by atoms with E-state index in [1.165, 1.54) is 6.33 Å². The fraction of sp³-hybridized carbons (Fsp3) is 0.118. The van der Waals surface area contributed by atoms with Crippen LogP contribution in [0.25, 0.3) is 0 Å². The normalized spacial score (nSPS) is 11.5. The zero-order chi connectivity index (χ0) is 16.8. The van der Waals surface area contributed by atoms with Crippen LogP contribution in [0.4, 0.5) is 10.5 Å². The Morgan fingerprint density at radius 3 is 2.62 bits per heavy atom. The van der Waals surface area contributed by atoms with E-state index in [1.807, 2.05) is 49.4 Å². The highest BCUT2D eigenvalue weighted by Gasteiger charge is 2.13. The van der Waals surface area contributed by atoms with Gasteiger partial charge in [-0.05, 0) is 31.2 Å². The monoisotopic (exact) mass is 323 g/mol. The molecule has 1 aromatic heterocycles. The third-order valence-electron chi connectivity index (χ3n) is 3.30. The number of amides is 2. The van der Waals surface area contributed by atoms with Crippen LogP contribution in [0.2, 0.25) is 0 Å². The molecule has 0 aliphatic heterocycles. The molecule has 3 aromatic rings. The second kappa shape index (κ2) is 7.28. The van der Waals surface area contributed by atoms with Crippen molar-refractivity contribution in [1.29, 1.82) is 0 Å². The molecule has 0 fully saturated rings. The Labute approximate surface area is 139 Å². The van der Waals surface area contributed by atoms with Crippen molar-refractivity contribution in [2.75, 3.05) is 5.32 Å². The number of H-pyrrole nitrogens is 1. The Balaban J connectivity index is 1.67. The third-order valence-corrected chi connectivity index (χ3v) is 3.30. The number of nitrogens with zero attached hydrogens (tertiary/aromatic N) is 2. The van der Waals surface area contributed by atoms with Crippen LogP contribution in [0.15, 0.2) is 60.9 Å². The Hall–Kier alpha value is -3.35. The van der Waals surface area contributed by atoms with Gasteiger partial charge in [0.2, 0.25) is 0 Å². The van der Waals surface area contributed by atoms with Gasteiger partial charge in [0.1, 0.15) is 17.9 Å². The van der Waals surface area contributed by atoms with Crippen molar-refractivity contribution in [3.8, 4) is 11.5 Å². The van der Waals surface area contributed by atoms with Gasteiger partial charge in [-0.1, -0.05) is 30.3 Å². The van der Waals surface area contributed by atoms with Gasteiger partial charge in [0.05, 0.1) is 11.7 Å². The highest BCUT2D eigenvalue weighted by molar-refractivity contribution is 5.91. The second-order valence-electron chi connectivity index (χ2n) is 5.10. The molecule has 3 rings (SSSR count). The summed E-state index contributed by atoms with van der Waals surface area (Å²) in [6.07, 6.45) is 1.40. The van der Waals surface area contributed by atoms with Gasteiger partial charge in [0.25, 0.3) is 0 Å². The molecule has 0 radical (unpaired) electrons. The predicted octanol–water partition coefficient (Wildman–Crippen LogP) is 3.48.